The predicted molar refractivity (Wildman–Crippen MR) is 33.7 cm³/mol. The standard InChI is InChI=1S/2CH3.Al.BrH.ClH/h2*1H3;;2*1H/q;;+1;;/p-1. The minimum atomic E-state index is -0.326. The molecule has 0 aliphatic heterocycles. The zero-order chi connectivity index (χ0) is 3.58. The molecular formula is C2H7AlBrCl. The molecule has 32 valence electrons. The quantitative estimate of drug-likeness (QED) is 0.492. The first kappa shape index (κ1) is 9.57. The molecule has 0 nitrogen and oxygen atoms in total. The summed E-state index contributed by atoms with van der Waals surface area (Å²) in [7, 11) is 0. The Bertz CT molecular complexity index is 14.4. The average Bonchev–Trinajstić information content (AvgIpc) is 0.811. The van der Waals surface area contributed by atoms with E-state index < -0.39 is 0 Å². The molecule has 0 saturated heterocycles. The normalized spacial score (nSPS) is 5.40. The first-order chi connectivity index (χ1) is 1.73. The number of hydrogen-bond donors (Lipinski definition) is 0. The molecule has 0 N–H and O–H groups in total. The average molecular weight is 173 g/mol. The van der Waals surface area contributed by atoms with E-state index >= 15 is 0 Å². The SMILES string of the molecule is Cl.[CH3][Al]([CH3])[Br]. The lowest BCUT2D eigenvalue weighted by Gasteiger charge is -1.64. The summed E-state index contributed by atoms with van der Waals surface area (Å²) in [5, 5.41) is 0. The molecule has 0 atom stereocenters. The second-order valence-corrected chi connectivity index (χ2v) is 8.54. The van der Waals surface area contributed by atoms with Gasteiger partial charge in [0.15, 0.2) is 0 Å². The molecule has 5 heavy (non-hydrogen) atoms. The highest BCUT2D eigenvalue weighted by Crippen LogP contribution is 1.85. The van der Waals surface area contributed by atoms with E-state index in [4.69, 9.17) is 0 Å². The molecule has 0 aromatic rings. The second-order valence-electron chi connectivity index (χ2n) is 1.01. The number of halogens is 2. The van der Waals surface area contributed by atoms with Crippen molar-refractivity contribution in [3.8, 4) is 0 Å². The van der Waals surface area contributed by atoms with Crippen LogP contribution in [-0.4, -0.2) is 12.3 Å². The van der Waals surface area contributed by atoms with Crippen molar-refractivity contribution in [1.82, 2.24) is 0 Å². The molecule has 3 heteroatoms. The Morgan fingerprint density at radius 3 is 1.40 bits per heavy atom. The van der Waals surface area contributed by atoms with Crippen molar-refractivity contribution in [1.29, 1.82) is 0 Å². The molecule has 0 aliphatic rings. The monoisotopic (exact) mass is 172 g/mol. The fourth-order valence-corrected chi connectivity index (χ4v) is 0. The Kier molecular flexibility index (Phi) is 10.2. The predicted octanol–water partition coefficient (Wildman–Crippen LogP) is 2.05. The third-order valence-electron chi connectivity index (χ3n) is 0. The van der Waals surface area contributed by atoms with Crippen LogP contribution in [-0.2, 0) is 0 Å². The van der Waals surface area contributed by atoms with E-state index in [9.17, 15) is 0 Å². The first-order valence-electron chi connectivity index (χ1n) is 1.37. The fourth-order valence-electron chi connectivity index (χ4n) is 0. The van der Waals surface area contributed by atoms with Gasteiger partial charge in [-0.2, -0.15) is 0 Å². The van der Waals surface area contributed by atoms with Crippen LogP contribution in [0.5, 0.6) is 0 Å². The van der Waals surface area contributed by atoms with Crippen LogP contribution < -0.4 is 0 Å². The van der Waals surface area contributed by atoms with Crippen LogP contribution in [0.4, 0.5) is 0 Å². The number of rotatable bonds is 0. The molecule has 0 aromatic carbocycles. The van der Waals surface area contributed by atoms with Gasteiger partial charge in [0.1, 0.15) is 0 Å². The lowest BCUT2D eigenvalue weighted by Crippen LogP contribution is -1.77. The highest BCUT2D eigenvalue weighted by molar-refractivity contribution is 9.24. The summed E-state index contributed by atoms with van der Waals surface area (Å²) in [6, 6.07) is 0. The van der Waals surface area contributed by atoms with E-state index in [2.05, 4.69) is 25.6 Å². The smallest absolute Gasteiger partial charge is 0.217 e. The Hall–Kier alpha value is 1.30. The van der Waals surface area contributed by atoms with Crippen molar-refractivity contribution in [3.63, 3.8) is 0 Å². The molecule has 0 unspecified atom stereocenters. The van der Waals surface area contributed by atoms with Crippen LogP contribution in [0.25, 0.3) is 0 Å². The Morgan fingerprint density at radius 2 is 1.40 bits per heavy atom. The topological polar surface area (TPSA) is 0 Å². The molecule has 0 spiro atoms. The second kappa shape index (κ2) is 5.30. The minimum Gasteiger partial charge on any atom is -0.217 e. The van der Waals surface area contributed by atoms with Gasteiger partial charge >= 0.3 is 12.3 Å². The summed E-state index contributed by atoms with van der Waals surface area (Å²) in [6.45, 7) is 0. The van der Waals surface area contributed by atoms with Crippen LogP contribution in [0.15, 0.2) is 0 Å². The summed E-state index contributed by atoms with van der Waals surface area (Å²) in [5.74, 6) is 4.44. The van der Waals surface area contributed by atoms with Crippen LogP contribution in [0.3, 0.4) is 0 Å². The fraction of sp³-hybridized carbons (Fsp3) is 1.00. The summed E-state index contributed by atoms with van der Waals surface area (Å²) < 4.78 is 0. The molecule has 0 radical (unpaired) electrons. The Labute approximate surface area is 50.4 Å². The third-order valence-corrected chi connectivity index (χ3v) is 0. The van der Waals surface area contributed by atoms with Crippen molar-refractivity contribution in [2.45, 2.75) is 11.6 Å². The van der Waals surface area contributed by atoms with Gasteiger partial charge in [0.05, 0.1) is 0 Å². The van der Waals surface area contributed by atoms with Gasteiger partial charge in [0.2, 0.25) is 0 Å². The highest BCUT2D eigenvalue weighted by atomic mass is 79.9. The zero-order valence-corrected chi connectivity index (χ0v) is 6.92. The highest BCUT2D eigenvalue weighted by Gasteiger charge is 1.86. The van der Waals surface area contributed by atoms with E-state index in [0.29, 0.717) is 0 Å². The van der Waals surface area contributed by atoms with Gasteiger partial charge in [-0.3, -0.25) is 0 Å². The molecule has 0 heterocycles. The maximum Gasteiger partial charge on any atom is 0.359 e. The molecule has 0 aliphatic carbocycles. The van der Waals surface area contributed by atoms with Crippen molar-refractivity contribution in [2.75, 3.05) is 0 Å². The van der Waals surface area contributed by atoms with Gasteiger partial charge in [-0.1, -0.05) is 11.6 Å². The molecular weight excluding hydrogens is 166 g/mol. The van der Waals surface area contributed by atoms with Crippen molar-refractivity contribution in [3.05, 3.63) is 0 Å². The molecule has 0 saturated carbocycles. The van der Waals surface area contributed by atoms with E-state index in [1.165, 1.54) is 0 Å². The molecule has 0 rings (SSSR count). The van der Waals surface area contributed by atoms with Gasteiger partial charge in [-0.25, -0.2) is 14.1 Å². The van der Waals surface area contributed by atoms with E-state index in [0.717, 1.165) is 0 Å². The summed E-state index contributed by atoms with van der Waals surface area (Å²) in [6.07, 6.45) is 0. The van der Waals surface area contributed by atoms with Gasteiger partial charge < -0.3 is 0 Å². The maximum atomic E-state index is 3.41. The summed E-state index contributed by atoms with van der Waals surface area (Å²) in [4.78, 5) is 0. The maximum absolute atomic E-state index is 3.41. The van der Waals surface area contributed by atoms with Crippen LogP contribution in [0, 0.1) is 0 Å². The van der Waals surface area contributed by atoms with E-state index in [-0.39, 0.29) is 24.7 Å². The lowest BCUT2D eigenvalue weighted by molar-refractivity contribution is 2.12. The third kappa shape index (κ3) is 34.1. The Morgan fingerprint density at radius 1 is 1.40 bits per heavy atom. The van der Waals surface area contributed by atoms with Crippen molar-refractivity contribution in [2.24, 2.45) is 0 Å². The van der Waals surface area contributed by atoms with Crippen LogP contribution >= 0.6 is 26.5 Å². The lowest BCUT2D eigenvalue weighted by atomic mass is 11.9. The Balaban J connectivity index is 0. The summed E-state index contributed by atoms with van der Waals surface area (Å²) in [5.41, 5.74) is 0. The molecule has 0 aromatic heterocycles. The molecule has 0 amide bonds. The van der Waals surface area contributed by atoms with Crippen molar-refractivity contribution >= 4 is 38.8 Å². The van der Waals surface area contributed by atoms with E-state index in [1.54, 1.807) is 0 Å². The van der Waals surface area contributed by atoms with Gasteiger partial charge in [0, 0.05) is 0 Å². The van der Waals surface area contributed by atoms with Gasteiger partial charge in [-0.05, 0) is 0 Å². The molecule has 0 fully saturated rings. The van der Waals surface area contributed by atoms with Crippen LogP contribution in [0.1, 0.15) is 0 Å². The first-order valence-corrected chi connectivity index (χ1v) is 6.87. The largest absolute Gasteiger partial charge is 0.359 e. The molecule has 0 bridgehead atoms. The zero-order valence-electron chi connectivity index (χ0n) is 3.36. The van der Waals surface area contributed by atoms with Gasteiger partial charge in [0.25, 0.3) is 0 Å². The van der Waals surface area contributed by atoms with Crippen LogP contribution in [0.2, 0.25) is 11.6 Å². The minimum absolute atomic E-state index is 0. The van der Waals surface area contributed by atoms with E-state index in [1.807, 2.05) is 0 Å². The number of hydrogen-bond acceptors (Lipinski definition) is 0. The summed E-state index contributed by atoms with van der Waals surface area (Å²) >= 11 is 3.08. The van der Waals surface area contributed by atoms with Crippen molar-refractivity contribution < 1.29 is 0 Å². The van der Waals surface area contributed by atoms with Gasteiger partial charge in [-0.15, -0.1) is 12.4 Å².